The fourth-order valence-corrected chi connectivity index (χ4v) is 2.39. The maximum Gasteiger partial charge on any atom is 0.345 e. The van der Waals surface area contributed by atoms with Crippen LogP contribution in [-0.4, -0.2) is 62.4 Å². The summed E-state index contributed by atoms with van der Waals surface area (Å²) in [5, 5.41) is 28.8. The number of aliphatic hydroxyl groups excluding tert-OH is 3. The molecule has 9 nitrogen and oxygen atoms in total. The Hall–Kier alpha value is -1.59. The number of carbonyl (C=O) groups is 1. The van der Waals surface area contributed by atoms with Crippen LogP contribution in [0.2, 0.25) is 0 Å². The normalized spacial score (nSPS) is 27.8. The highest BCUT2D eigenvalue weighted by Crippen LogP contribution is 2.29. The fraction of sp³-hybridized carbons (Fsp3) is 0.583. The summed E-state index contributed by atoms with van der Waals surface area (Å²) >= 11 is 4.97. The van der Waals surface area contributed by atoms with Crippen molar-refractivity contribution in [1.29, 1.82) is 0 Å². The maximum absolute atomic E-state index is 11.8. The number of H-pyrrole nitrogens is 1. The second-order valence-electron chi connectivity index (χ2n) is 4.66. The van der Waals surface area contributed by atoms with Gasteiger partial charge in [0.2, 0.25) is 0 Å². The summed E-state index contributed by atoms with van der Waals surface area (Å²) in [7, 11) is 0. The van der Waals surface area contributed by atoms with E-state index in [2.05, 4.69) is 4.98 Å². The van der Waals surface area contributed by atoms with Gasteiger partial charge >= 0.3 is 5.97 Å². The van der Waals surface area contributed by atoms with Crippen molar-refractivity contribution >= 4 is 18.2 Å². The average molecular weight is 332 g/mol. The molecular weight excluding hydrogens is 316 g/mol. The van der Waals surface area contributed by atoms with Crippen molar-refractivity contribution in [2.75, 3.05) is 13.2 Å². The number of carbonyl (C=O) groups excluding carboxylic acids is 1. The van der Waals surface area contributed by atoms with Crippen LogP contribution in [0, 0.1) is 4.77 Å². The standard InChI is InChI=1S/C12H16N2O7S/c1-2-20-11(19)5-3-14(12(22)13-9(5)18)10-8(17)7(16)6(4-15)21-10/h3,6-8,10,15-17H,2,4H2,1H3,(H,13,18,22)/t6-,7-,8-,10-/m1/s1. The zero-order valence-corrected chi connectivity index (χ0v) is 12.4. The lowest BCUT2D eigenvalue weighted by Gasteiger charge is -2.18. The Labute approximate surface area is 129 Å². The monoisotopic (exact) mass is 332 g/mol. The van der Waals surface area contributed by atoms with Crippen molar-refractivity contribution in [3.05, 3.63) is 26.9 Å². The van der Waals surface area contributed by atoms with Crippen LogP contribution < -0.4 is 5.56 Å². The van der Waals surface area contributed by atoms with E-state index in [1.54, 1.807) is 6.92 Å². The number of nitrogens with zero attached hydrogens (tertiary/aromatic N) is 1. The zero-order valence-electron chi connectivity index (χ0n) is 11.6. The van der Waals surface area contributed by atoms with Gasteiger partial charge in [-0.05, 0) is 19.1 Å². The maximum atomic E-state index is 11.8. The largest absolute Gasteiger partial charge is 0.462 e. The molecule has 4 atom stereocenters. The summed E-state index contributed by atoms with van der Waals surface area (Å²) in [6.07, 6.45) is -3.76. The van der Waals surface area contributed by atoms with E-state index >= 15 is 0 Å². The summed E-state index contributed by atoms with van der Waals surface area (Å²) in [5.41, 5.74) is -1.04. The minimum Gasteiger partial charge on any atom is -0.462 e. The number of rotatable bonds is 4. The van der Waals surface area contributed by atoms with Crippen LogP contribution in [0.5, 0.6) is 0 Å². The van der Waals surface area contributed by atoms with Gasteiger partial charge in [-0.25, -0.2) is 4.79 Å². The Morgan fingerprint density at radius 3 is 2.73 bits per heavy atom. The highest BCUT2D eigenvalue weighted by atomic mass is 32.1. The van der Waals surface area contributed by atoms with Gasteiger partial charge in [-0.1, -0.05) is 0 Å². The molecule has 1 aromatic rings. The topological polar surface area (TPSA) is 134 Å². The van der Waals surface area contributed by atoms with Crippen molar-refractivity contribution in [3.63, 3.8) is 0 Å². The first-order valence-electron chi connectivity index (χ1n) is 6.55. The molecule has 1 aliphatic heterocycles. The van der Waals surface area contributed by atoms with E-state index in [0.717, 1.165) is 10.8 Å². The molecule has 1 fully saturated rings. The summed E-state index contributed by atoms with van der Waals surface area (Å²) in [4.78, 5) is 25.8. The quantitative estimate of drug-likeness (QED) is 0.395. The van der Waals surface area contributed by atoms with Gasteiger partial charge in [0.05, 0.1) is 13.2 Å². The zero-order chi connectivity index (χ0) is 16.4. The lowest BCUT2D eigenvalue weighted by atomic mass is 10.1. The minimum atomic E-state index is -1.38. The van der Waals surface area contributed by atoms with Crippen LogP contribution in [0.3, 0.4) is 0 Å². The number of aromatic amines is 1. The molecule has 122 valence electrons. The first kappa shape index (κ1) is 16.8. The summed E-state index contributed by atoms with van der Waals surface area (Å²) in [5.74, 6) is -0.848. The van der Waals surface area contributed by atoms with Crippen molar-refractivity contribution < 1.29 is 29.6 Å². The third kappa shape index (κ3) is 2.96. The van der Waals surface area contributed by atoms with Gasteiger partial charge in [0.15, 0.2) is 11.0 Å². The number of hydrogen-bond acceptors (Lipinski definition) is 8. The van der Waals surface area contributed by atoms with Gasteiger partial charge in [-0.3, -0.25) is 14.3 Å². The van der Waals surface area contributed by atoms with Crippen LogP contribution in [-0.2, 0) is 9.47 Å². The van der Waals surface area contributed by atoms with E-state index in [-0.39, 0.29) is 16.9 Å². The van der Waals surface area contributed by atoms with E-state index in [4.69, 9.17) is 26.8 Å². The number of aliphatic hydroxyl groups is 3. The molecule has 4 N–H and O–H groups in total. The van der Waals surface area contributed by atoms with Gasteiger partial charge < -0.3 is 24.8 Å². The molecule has 1 aliphatic rings. The van der Waals surface area contributed by atoms with E-state index in [1.165, 1.54) is 0 Å². The molecule has 0 unspecified atom stereocenters. The third-order valence-corrected chi connectivity index (χ3v) is 3.57. The molecule has 0 saturated carbocycles. The second kappa shape index (κ2) is 6.67. The van der Waals surface area contributed by atoms with Gasteiger partial charge in [0.1, 0.15) is 23.9 Å². The van der Waals surface area contributed by atoms with Crippen molar-refractivity contribution in [1.82, 2.24) is 9.55 Å². The summed E-state index contributed by atoms with van der Waals surface area (Å²) < 4.78 is 11.1. The predicted octanol–water partition coefficient (Wildman–Crippen LogP) is -1.31. The van der Waals surface area contributed by atoms with Crippen LogP contribution in [0.15, 0.2) is 11.0 Å². The molecule has 1 saturated heterocycles. The number of ether oxygens (including phenoxy) is 2. The second-order valence-corrected chi connectivity index (χ2v) is 5.05. The van der Waals surface area contributed by atoms with Gasteiger partial charge in [0.25, 0.3) is 5.56 Å². The van der Waals surface area contributed by atoms with Crippen LogP contribution in [0.1, 0.15) is 23.5 Å². The first-order valence-corrected chi connectivity index (χ1v) is 6.96. The minimum absolute atomic E-state index is 0.0851. The highest BCUT2D eigenvalue weighted by molar-refractivity contribution is 7.71. The number of aromatic nitrogens is 2. The lowest BCUT2D eigenvalue weighted by Crippen LogP contribution is -2.34. The fourth-order valence-electron chi connectivity index (χ4n) is 2.14. The van der Waals surface area contributed by atoms with Gasteiger partial charge in [0, 0.05) is 6.20 Å². The molecule has 2 rings (SSSR count). The number of nitrogens with one attached hydrogen (secondary N) is 1. The predicted molar refractivity (Wildman–Crippen MR) is 74.9 cm³/mol. The van der Waals surface area contributed by atoms with E-state index in [9.17, 15) is 19.8 Å². The van der Waals surface area contributed by atoms with E-state index in [1.807, 2.05) is 0 Å². The average Bonchev–Trinajstić information content (AvgIpc) is 2.75. The number of hydrogen-bond donors (Lipinski definition) is 4. The molecule has 1 aromatic heterocycles. The molecule has 2 heterocycles. The van der Waals surface area contributed by atoms with Crippen LogP contribution >= 0.6 is 12.2 Å². The Bertz CT molecular complexity index is 670. The van der Waals surface area contributed by atoms with Gasteiger partial charge in [-0.2, -0.15) is 0 Å². The Kier molecular flexibility index (Phi) is 5.08. The van der Waals surface area contributed by atoms with Crippen molar-refractivity contribution in [3.8, 4) is 0 Å². The van der Waals surface area contributed by atoms with Crippen molar-refractivity contribution in [2.45, 2.75) is 31.5 Å². The van der Waals surface area contributed by atoms with Crippen LogP contribution in [0.25, 0.3) is 0 Å². The smallest absolute Gasteiger partial charge is 0.345 e. The highest BCUT2D eigenvalue weighted by Gasteiger charge is 2.43. The van der Waals surface area contributed by atoms with Gasteiger partial charge in [-0.15, -0.1) is 0 Å². The Morgan fingerprint density at radius 1 is 1.50 bits per heavy atom. The Balaban J connectivity index is 2.44. The molecule has 0 spiro atoms. The van der Waals surface area contributed by atoms with Crippen LogP contribution in [0.4, 0.5) is 0 Å². The van der Waals surface area contributed by atoms with Crippen molar-refractivity contribution in [2.24, 2.45) is 0 Å². The third-order valence-electron chi connectivity index (χ3n) is 3.25. The van der Waals surface area contributed by atoms with E-state index in [0.29, 0.717) is 0 Å². The molecule has 0 amide bonds. The molecule has 0 aliphatic carbocycles. The molecule has 0 aromatic carbocycles. The number of esters is 1. The molecule has 10 heteroatoms. The molecule has 0 bridgehead atoms. The SMILES string of the molecule is CCOC(=O)c1cn([C@@H]2O[C@H](CO)[C@@H](O)[C@H]2O)c(=S)[nH]c1=O. The van der Waals surface area contributed by atoms with E-state index < -0.39 is 42.7 Å². The molecule has 22 heavy (non-hydrogen) atoms. The molecular formula is C12H16N2O7S. The summed E-state index contributed by atoms with van der Waals surface area (Å²) in [6.45, 7) is 1.17. The lowest BCUT2D eigenvalue weighted by molar-refractivity contribution is -0.0542. The molecule has 0 radical (unpaired) electrons. The Morgan fingerprint density at radius 2 is 2.18 bits per heavy atom. The first-order chi connectivity index (χ1) is 10.4. The summed E-state index contributed by atoms with van der Waals surface area (Å²) in [6, 6.07) is 0.